The normalized spacial score (nSPS) is 11.0. The van der Waals surface area contributed by atoms with Gasteiger partial charge >= 0.3 is 0 Å². The maximum atomic E-state index is 5.42. The molecule has 0 aliphatic rings. The zero-order valence-corrected chi connectivity index (χ0v) is 15.6. The number of benzene rings is 1. The molecule has 4 aromatic rings. The SMILES string of the molecule is COc1ccc(-c2cc(-c3cnc(C)cn3)c3c(C)[nH]nc3n2)cc1OC. The van der Waals surface area contributed by atoms with E-state index in [1.165, 1.54) is 0 Å². The molecular weight excluding hydrogens is 342 g/mol. The third-order valence-corrected chi connectivity index (χ3v) is 4.44. The van der Waals surface area contributed by atoms with E-state index < -0.39 is 0 Å². The highest BCUT2D eigenvalue weighted by molar-refractivity contribution is 5.95. The first-order valence-electron chi connectivity index (χ1n) is 8.48. The van der Waals surface area contributed by atoms with Gasteiger partial charge in [0, 0.05) is 23.0 Å². The molecule has 7 nitrogen and oxygen atoms in total. The lowest BCUT2D eigenvalue weighted by Gasteiger charge is -2.11. The van der Waals surface area contributed by atoms with Crippen molar-refractivity contribution in [1.29, 1.82) is 0 Å². The van der Waals surface area contributed by atoms with Crippen molar-refractivity contribution in [2.75, 3.05) is 14.2 Å². The fourth-order valence-corrected chi connectivity index (χ4v) is 3.05. The smallest absolute Gasteiger partial charge is 0.182 e. The van der Waals surface area contributed by atoms with Gasteiger partial charge in [-0.25, -0.2) is 4.98 Å². The van der Waals surface area contributed by atoms with Gasteiger partial charge in [0.25, 0.3) is 0 Å². The van der Waals surface area contributed by atoms with Gasteiger partial charge in [-0.1, -0.05) is 0 Å². The van der Waals surface area contributed by atoms with E-state index in [1.54, 1.807) is 26.6 Å². The van der Waals surface area contributed by atoms with Crippen molar-refractivity contribution in [3.05, 3.63) is 48.0 Å². The summed E-state index contributed by atoms with van der Waals surface area (Å²) in [4.78, 5) is 13.6. The lowest BCUT2D eigenvalue weighted by Crippen LogP contribution is -1.94. The highest BCUT2D eigenvalue weighted by Crippen LogP contribution is 2.35. The van der Waals surface area contributed by atoms with Crippen LogP contribution in [-0.4, -0.2) is 39.4 Å². The Hall–Kier alpha value is -3.48. The molecular formula is C20H19N5O2. The summed E-state index contributed by atoms with van der Waals surface area (Å²) >= 11 is 0. The predicted octanol–water partition coefficient (Wildman–Crippen LogP) is 3.72. The summed E-state index contributed by atoms with van der Waals surface area (Å²) in [7, 11) is 3.23. The number of ether oxygens (including phenoxy) is 2. The summed E-state index contributed by atoms with van der Waals surface area (Å²) in [6.07, 6.45) is 3.53. The third-order valence-electron chi connectivity index (χ3n) is 4.44. The first-order valence-corrected chi connectivity index (χ1v) is 8.48. The fourth-order valence-electron chi connectivity index (χ4n) is 3.05. The molecule has 7 heteroatoms. The van der Waals surface area contributed by atoms with Crippen LogP contribution < -0.4 is 9.47 Å². The summed E-state index contributed by atoms with van der Waals surface area (Å²) in [5.41, 5.74) is 5.82. The van der Waals surface area contributed by atoms with E-state index in [0.29, 0.717) is 17.1 Å². The number of fused-ring (bicyclic) bond motifs is 1. The summed E-state index contributed by atoms with van der Waals surface area (Å²) in [6, 6.07) is 7.71. The first-order chi connectivity index (χ1) is 13.1. The second kappa shape index (κ2) is 6.68. The average Bonchev–Trinajstić information content (AvgIpc) is 3.08. The molecule has 1 aromatic carbocycles. The minimum atomic E-state index is 0.636. The van der Waals surface area contributed by atoms with Crippen LogP contribution in [0, 0.1) is 13.8 Å². The van der Waals surface area contributed by atoms with Gasteiger partial charge in [-0.3, -0.25) is 15.1 Å². The molecule has 0 fully saturated rings. The number of H-pyrrole nitrogens is 1. The molecule has 1 N–H and O–H groups in total. The number of aromatic nitrogens is 5. The van der Waals surface area contributed by atoms with E-state index in [4.69, 9.17) is 14.5 Å². The highest BCUT2D eigenvalue weighted by Gasteiger charge is 2.16. The highest BCUT2D eigenvalue weighted by atomic mass is 16.5. The molecule has 27 heavy (non-hydrogen) atoms. The number of nitrogens with zero attached hydrogens (tertiary/aromatic N) is 4. The molecule has 0 amide bonds. The van der Waals surface area contributed by atoms with Gasteiger partial charge in [0.1, 0.15) is 0 Å². The third kappa shape index (κ3) is 2.97. The predicted molar refractivity (Wildman–Crippen MR) is 103 cm³/mol. The number of aromatic amines is 1. The number of aryl methyl sites for hydroxylation is 2. The van der Waals surface area contributed by atoms with Crippen molar-refractivity contribution < 1.29 is 9.47 Å². The Morgan fingerprint density at radius 2 is 1.70 bits per heavy atom. The fraction of sp³-hybridized carbons (Fsp3) is 0.200. The maximum Gasteiger partial charge on any atom is 0.182 e. The summed E-state index contributed by atoms with van der Waals surface area (Å²) < 4.78 is 10.7. The van der Waals surface area contributed by atoms with Crippen LogP contribution in [0.5, 0.6) is 11.5 Å². The lowest BCUT2D eigenvalue weighted by atomic mass is 10.0. The van der Waals surface area contributed by atoms with Gasteiger partial charge in [-0.15, -0.1) is 0 Å². The van der Waals surface area contributed by atoms with Crippen LogP contribution in [0.2, 0.25) is 0 Å². The van der Waals surface area contributed by atoms with Crippen LogP contribution in [0.1, 0.15) is 11.4 Å². The van der Waals surface area contributed by atoms with Gasteiger partial charge in [0.2, 0.25) is 0 Å². The number of pyridine rings is 1. The van der Waals surface area contributed by atoms with Crippen LogP contribution in [-0.2, 0) is 0 Å². The van der Waals surface area contributed by atoms with Crippen molar-refractivity contribution in [2.24, 2.45) is 0 Å². The topological polar surface area (TPSA) is 85.8 Å². The van der Waals surface area contributed by atoms with Crippen LogP contribution in [0.3, 0.4) is 0 Å². The zero-order valence-electron chi connectivity index (χ0n) is 15.6. The zero-order chi connectivity index (χ0) is 19.0. The molecule has 136 valence electrons. The molecule has 0 spiro atoms. The van der Waals surface area contributed by atoms with E-state index in [1.807, 2.05) is 38.1 Å². The van der Waals surface area contributed by atoms with E-state index in [-0.39, 0.29) is 0 Å². The largest absolute Gasteiger partial charge is 0.493 e. The summed E-state index contributed by atoms with van der Waals surface area (Å²) in [5, 5.41) is 8.30. The number of hydrogen-bond acceptors (Lipinski definition) is 6. The van der Waals surface area contributed by atoms with Crippen LogP contribution in [0.4, 0.5) is 0 Å². The number of hydrogen-bond donors (Lipinski definition) is 1. The molecule has 0 aliphatic carbocycles. The minimum Gasteiger partial charge on any atom is -0.493 e. The summed E-state index contributed by atoms with van der Waals surface area (Å²) in [5.74, 6) is 1.31. The molecule has 0 bridgehead atoms. The van der Waals surface area contributed by atoms with Crippen molar-refractivity contribution in [3.8, 4) is 34.0 Å². The van der Waals surface area contributed by atoms with Crippen molar-refractivity contribution in [2.45, 2.75) is 13.8 Å². The van der Waals surface area contributed by atoms with Gasteiger partial charge in [0.15, 0.2) is 17.1 Å². The molecule has 0 atom stereocenters. The molecule has 0 radical (unpaired) electrons. The Bertz CT molecular complexity index is 1120. The summed E-state index contributed by atoms with van der Waals surface area (Å²) in [6.45, 7) is 3.88. The lowest BCUT2D eigenvalue weighted by molar-refractivity contribution is 0.355. The molecule has 3 aromatic heterocycles. The number of methoxy groups -OCH3 is 2. The van der Waals surface area contributed by atoms with Crippen LogP contribution in [0.25, 0.3) is 33.5 Å². The van der Waals surface area contributed by atoms with E-state index in [0.717, 1.165) is 39.3 Å². The van der Waals surface area contributed by atoms with E-state index in [2.05, 4.69) is 20.2 Å². The molecule has 0 unspecified atom stereocenters. The van der Waals surface area contributed by atoms with E-state index in [9.17, 15) is 0 Å². The van der Waals surface area contributed by atoms with Gasteiger partial charge in [0.05, 0.1) is 42.9 Å². The second-order valence-electron chi connectivity index (χ2n) is 6.22. The maximum absolute atomic E-state index is 5.42. The molecule has 3 heterocycles. The number of nitrogens with one attached hydrogen (secondary N) is 1. The van der Waals surface area contributed by atoms with Gasteiger partial charge < -0.3 is 9.47 Å². The van der Waals surface area contributed by atoms with E-state index >= 15 is 0 Å². The van der Waals surface area contributed by atoms with Crippen molar-refractivity contribution in [3.63, 3.8) is 0 Å². The second-order valence-corrected chi connectivity index (χ2v) is 6.22. The average molecular weight is 361 g/mol. The van der Waals surface area contributed by atoms with Gasteiger partial charge in [-0.05, 0) is 38.1 Å². The Morgan fingerprint density at radius 3 is 2.41 bits per heavy atom. The number of rotatable bonds is 4. The molecule has 0 aliphatic heterocycles. The van der Waals surface area contributed by atoms with Crippen molar-refractivity contribution in [1.82, 2.24) is 25.1 Å². The standard InChI is InChI=1S/C20H19N5O2/c1-11-9-22-16(10-21-11)14-8-15(23-20-19(14)12(2)24-25-20)13-5-6-17(26-3)18(7-13)27-4/h5-10H,1-4H3,(H,23,24,25). The Balaban J connectivity index is 1.94. The quantitative estimate of drug-likeness (QED) is 0.596. The minimum absolute atomic E-state index is 0.636. The van der Waals surface area contributed by atoms with Crippen LogP contribution >= 0.6 is 0 Å². The van der Waals surface area contributed by atoms with Crippen LogP contribution in [0.15, 0.2) is 36.7 Å². The monoisotopic (exact) mass is 361 g/mol. The Kier molecular flexibility index (Phi) is 4.19. The first kappa shape index (κ1) is 17.0. The molecule has 0 saturated heterocycles. The molecule has 0 saturated carbocycles. The van der Waals surface area contributed by atoms with Gasteiger partial charge in [-0.2, -0.15) is 5.10 Å². The molecule has 4 rings (SSSR count). The van der Waals surface area contributed by atoms with Crippen molar-refractivity contribution >= 4 is 11.0 Å². The Labute approximate surface area is 156 Å². The Morgan fingerprint density at radius 1 is 0.889 bits per heavy atom.